The second-order valence-corrected chi connectivity index (χ2v) is 12.4. The van der Waals surface area contributed by atoms with Gasteiger partial charge in [-0.3, -0.25) is 14.9 Å². The predicted octanol–water partition coefficient (Wildman–Crippen LogP) is 4.35. The minimum Gasteiger partial charge on any atom is -0.335 e. The van der Waals surface area contributed by atoms with Crippen LogP contribution in [-0.4, -0.2) is 76.7 Å². The van der Waals surface area contributed by atoms with Gasteiger partial charge in [0.1, 0.15) is 11.6 Å². The molecular weight excluding hydrogens is 510 g/mol. The second-order valence-electron chi connectivity index (χ2n) is 11.3. The molecule has 2 aromatic rings. The minimum absolute atomic E-state index is 0.00338. The molecule has 1 saturated carbocycles. The number of rotatable bonds is 7. The number of fused-ring (bicyclic) bond motifs is 1. The molecule has 2 aromatic heterocycles. The van der Waals surface area contributed by atoms with Gasteiger partial charge in [0.25, 0.3) is 0 Å². The number of urea groups is 1. The summed E-state index contributed by atoms with van der Waals surface area (Å²) in [5, 5.41) is 5.01. The van der Waals surface area contributed by atoms with Crippen molar-refractivity contribution in [2.75, 3.05) is 44.6 Å². The number of ketones is 1. The quantitative estimate of drug-likeness (QED) is 0.413. The van der Waals surface area contributed by atoms with Crippen molar-refractivity contribution in [2.45, 2.75) is 45.1 Å². The highest BCUT2D eigenvalue weighted by Crippen LogP contribution is 2.46. The van der Waals surface area contributed by atoms with Gasteiger partial charge >= 0.3 is 6.03 Å². The van der Waals surface area contributed by atoms with E-state index in [1.165, 1.54) is 10.5 Å². The number of piperidine rings is 1. The highest BCUT2D eigenvalue weighted by atomic mass is 32.1. The third-order valence-electron chi connectivity index (χ3n) is 8.62. The predicted molar refractivity (Wildman–Crippen MR) is 152 cm³/mol. The number of nitrogens with one attached hydrogen (secondary N) is 1. The van der Waals surface area contributed by atoms with Crippen molar-refractivity contribution in [3.05, 3.63) is 63.5 Å². The number of thiophene rings is 1. The summed E-state index contributed by atoms with van der Waals surface area (Å²) < 4.78 is 0. The molecule has 2 fully saturated rings. The summed E-state index contributed by atoms with van der Waals surface area (Å²) in [5.41, 5.74) is 3.47. The summed E-state index contributed by atoms with van der Waals surface area (Å²) in [7, 11) is 0. The Morgan fingerprint density at radius 1 is 1.15 bits per heavy atom. The van der Waals surface area contributed by atoms with Crippen molar-refractivity contribution < 1.29 is 14.4 Å². The Hall–Kier alpha value is -3.30. The highest BCUT2D eigenvalue weighted by Gasteiger charge is 2.45. The Kier molecular flexibility index (Phi) is 7.36. The van der Waals surface area contributed by atoms with Crippen LogP contribution in [0.15, 0.2) is 47.5 Å². The van der Waals surface area contributed by atoms with Crippen molar-refractivity contribution in [1.29, 1.82) is 0 Å². The molecule has 0 radical (unpaired) electrons. The van der Waals surface area contributed by atoms with E-state index in [-0.39, 0.29) is 17.4 Å². The first-order valence-electron chi connectivity index (χ1n) is 13.9. The van der Waals surface area contributed by atoms with E-state index >= 15 is 0 Å². The van der Waals surface area contributed by atoms with Crippen molar-refractivity contribution in [2.24, 2.45) is 5.41 Å². The second kappa shape index (κ2) is 11.1. The molecule has 3 amide bonds. The zero-order valence-electron chi connectivity index (χ0n) is 22.2. The lowest BCUT2D eigenvalue weighted by Gasteiger charge is -2.47. The summed E-state index contributed by atoms with van der Waals surface area (Å²) in [5.74, 6) is 0.999. The molecule has 39 heavy (non-hydrogen) atoms. The number of amides is 3. The molecule has 1 aliphatic carbocycles. The summed E-state index contributed by atoms with van der Waals surface area (Å²) in [4.78, 5) is 48.8. The molecule has 4 aliphatic rings. The van der Waals surface area contributed by atoms with E-state index in [1.807, 2.05) is 21.9 Å². The summed E-state index contributed by atoms with van der Waals surface area (Å²) in [6.45, 7) is 5.34. The molecule has 204 valence electrons. The molecule has 3 aliphatic heterocycles. The number of hydrogen-bond acceptors (Lipinski definition) is 6. The van der Waals surface area contributed by atoms with Crippen molar-refractivity contribution in [3.63, 3.8) is 0 Å². The van der Waals surface area contributed by atoms with E-state index in [1.54, 1.807) is 23.6 Å². The molecule has 0 aromatic carbocycles. The molecule has 5 heterocycles. The van der Waals surface area contributed by atoms with Crippen LogP contribution in [0, 0.1) is 5.41 Å². The fourth-order valence-corrected chi connectivity index (χ4v) is 6.88. The van der Waals surface area contributed by atoms with E-state index in [4.69, 9.17) is 0 Å². The minimum atomic E-state index is -0.122. The summed E-state index contributed by atoms with van der Waals surface area (Å²) in [6.07, 6.45) is 12.9. The maximum absolute atomic E-state index is 12.8. The van der Waals surface area contributed by atoms with Gasteiger partial charge in [0.15, 0.2) is 0 Å². The van der Waals surface area contributed by atoms with E-state index in [0.29, 0.717) is 31.2 Å². The van der Waals surface area contributed by atoms with Gasteiger partial charge in [-0.1, -0.05) is 17.7 Å². The van der Waals surface area contributed by atoms with Crippen LogP contribution in [0.4, 0.5) is 10.6 Å². The van der Waals surface area contributed by atoms with Gasteiger partial charge in [-0.2, -0.15) is 0 Å². The Labute approximate surface area is 233 Å². The molecule has 8 nitrogen and oxygen atoms in total. The standard InChI is InChI=1S/C30H35N5O3S/c36-25-18-30(19-25)7-11-33(12-8-30)13-14-35-21-24-16-23(20-31-28(24)32-29(35)38)3-4-27(37)34-9-5-22(6-10-34)17-26-2-1-15-39-26/h1-5,15-16,20H,6-14,17-19,21H2,(H,31,32,38)/b4-3+. The fourth-order valence-electron chi connectivity index (χ4n) is 6.12. The van der Waals surface area contributed by atoms with Crippen LogP contribution in [-0.2, 0) is 22.6 Å². The van der Waals surface area contributed by atoms with Gasteiger partial charge in [0.2, 0.25) is 5.91 Å². The lowest BCUT2D eigenvalue weighted by atomic mass is 9.62. The first kappa shape index (κ1) is 26.0. The summed E-state index contributed by atoms with van der Waals surface area (Å²) in [6, 6.07) is 6.12. The maximum Gasteiger partial charge on any atom is 0.323 e. The van der Waals surface area contributed by atoms with Gasteiger partial charge in [-0.25, -0.2) is 9.78 Å². The Morgan fingerprint density at radius 2 is 2.00 bits per heavy atom. The van der Waals surface area contributed by atoms with Gasteiger partial charge in [0.05, 0.1) is 6.54 Å². The largest absolute Gasteiger partial charge is 0.335 e. The molecule has 0 unspecified atom stereocenters. The molecule has 9 heteroatoms. The molecule has 1 saturated heterocycles. The smallest absolute Gasteiger partial charge is 0.323 e. The molecule has 6 rings (SSSR count). The van der Waals surface area contributed by atoms with Crippen LogP contribution >= 0.6 is 11.3 Å². The lowest BCUT2D eigenvalue weighted by molar-refractivity contribution is -0.135. The van der Waals surface area contributed by atoms with Crippen LogP contribution < -0.4 is 5.32 Å². The number of pyridine rings is 1. The fraction of sp³-hybridized carbons (Fsp3) is 0.467. The van der Waals surface area contributed by atoms with Crippen LogP contribution in [0.25, 0.3) is 6.08 Å². The average molecular weight is 546 g/mol. The molecular formula is C30H35N5O3S. The number of anilines is 1. The topological polar surface area (TPSA) is 85.8 Å². The van der Waals surface area contributed by atoms with Crippen molar-refractivity contribution >= 4 is 41.0 Å². The van der Waals surface area contributed by atoms with Crippen LogP contribution in [0.1, 0.15) is 48.1 Å². The van der Waals surface area contributed by atoms with E-state index in [2.05, 4.69) is 38.8 Å². The van der Waals surface area contributed by atoms with Crippen LogP contribution in [0.2, 0.25) is 0 Å². The maximum atomic E-state index is 12.8. The SMILES string of the molecule is O=C1CC2(CCN(CCN3Cc4cc(/C=C/C(=O)N5CC=C(Cc6cccs6)CC5)cnc4NC3=O)CC2)C1. The number of nitrogens with zero attached hydrogens (tertiary/aromatic N) is 4. The average Bonchev–Trinajstić information content (AvgIpc) is 3.44. The van der Waals surface area contributed by atoms with E-state index < -0.39 is 0 Å². The third kappa shape index (κ3) is 5.99. The van der Waals surface area contributed by atoms with Crippen LogP contribution in [0.5, 0.6) is 0 Å². The number of Topliss-reactive ketones (excluding diaryl/α,β-unsaturated/α-hetero) is 1. The van der Waals surface area contributed by atoms with Crippen molar-refractivity contribution in [3.8, 4) is 0 Å². The zero-order valence-corrected chi connectivity index (χ0v) is 23.0. The molecule has 0 atom stereocenters. The molecule has 0 bridgehead atoms. The number of carbonyl (C=O) groups excluding carboxylic acids is 3. The van der Waals surface area contributed by atoms with E-state index in [9.17, 15) is 14.4 Å². The number of hydrogen-bond donors (Lipinski definition) is 1. The number of carbonyl (C=O) groups is 3. The van der Waals surface area contributed by atoms with Crippen molar-refractivity contribution in [1.82, 2.24) is 19.7 Å². The Bertz CT molecular complexity index is 1300. The number of aromatic nitrogens is 1. The first-order chi connectivity index (χ1) is 18.9. The van der Waals surface area contributed by atoms with E-state index in [0.717, 1.165) is 75.8 Å². The van der Waals surface area contributed by atoms with Crippen LogP contribution in [0.3, 0.4) is 0 Å². The van der Waals surface area contributed by atoms with Gasteiger partial charge < -0.3 is 14.7 Å². The normalized spacial score (nSPS) is 21.1. The van der Waals surface area contributed by atoms with Gasteiger partial charge in [-0.05, 0) is 66.9 Å². The number of likely N-dealkylation sites (tertiary alicyclic amines) is 1. The molecule has 1 N–H and O–H groups in total. The highest BCUT2D eigenvalue weighted by molar-refractivity contribution is 7.09. The summed E-state index contributed by atoms with van der Waals surface area (Å²) >= 11 is 1.77. The third-order valence-corrected chi connectivity index (χ3v) is 9.50. The first-order valence-corrected chi connectivity index (χ1v) is 14.8. The lowest BCUT2D eigenvalue weighted by Crippen LogP contribution is -2.49. The Balaban J connectivity index is 1.00. The molecule has 1 spiro atoms. The Morgan fingerprint density at radius 3 is 2.72 bits per heavy atom. The zero-order chi connectivity index (χ0) is 26.8. The van der Waals surface area contributed by atoms with Gasteiger partial charge in [0, 0.05) is 68.2 Å². The monoisotopic (exact) mass is 545 g/mol. The van der Waals surface area contributed by atoms with Gasteiger partial charge in [-0.15, -0.1) is 11.3 Å².